The zero-order chi connectivity index (χ0) is 16.8. The summed E-state index contributed by atoms with van der Waals surface area (Å²) in [4.78, 5) is 14.5. The number of nitrogens with zero attached hydrogens (tertiary/aromatic N) is 3. The van der Waals surface area contributed by atoms with E-state index in [-0.39, 0.29) is 5.91 Å². The van der Waals surface area contributed by atoms with Crippen molar-refractivity contribution >= 4 is 5.91 Å². The lowest BCUT2D eigenvalue weighted by atomic mass is 10.1. The molecular formula is C17H25N5O. The standard InChI is InChI=1S/C17H25N5O/c1-18-16(15-10-20-22(4)12-15)17(23)19-9-13-6-5-7-14(8-13)11-21(2)3/h5-8,10,12,16,18H,9,11H2,1-4H3,(H,19,23). The van der Waals surface area contributed by atoms with E-state index in [9.17, 15) is 4.79 Å². The summed E-state index contributed by atoms with van der Waals surface area (Å²) in [5.74, 6) is -0.0569. The van der Waals surface area contributed by atoms with E-state index < -0.39 is 6.04 Å². The van der Waals surface area contributed by atoms with Crippen LogP contribution >= 0.6 is 0 Å². The Morgan fingerprint density at radius 1 is 1.35 bits per heavy atom. The summed E-state index contributed by atoms with van der Waals surface area (Å²) in [6.45, 7) is 1.40. The number of benzene rings is 1. The van der Waals surface area contributed by atoms with Crippen LogP contribution in [0.4, 0.5) is 0 Å². The maximum Gasteiger partial charge on any atom is 0.242 e. The molecule has 2 rings (SSSR count). The lowest BCUT2D eigenvalue weighted by Crippen LogP contribution is -2.35. The second-order valence-corrected chi connectivity index (χ2v) is 5.94. The first-order valence-electron chi connectivity index (χ1n) is 7.65. The van der Waals surface area contributed by atoms with Gasteiger partial charge in [-0.05, 0) is 32.3 Å². The number of amides is 1. The van der Waals surface area contributed by atoms with Crippen LogP contribution in [-0.4, -0.2) is 41.7 Å². The molecule has 1 aromatic heterocycles. The second-order valence-electron chi connectivity index (χ2n) is 5.94. The van der Waals surface area contributed by atoms with E-state index in [1.54, 1.807) is 17.9 Å². The van der Waals surface area contributed by atoms with Gasteiger partial charge < -0.3 is 15.5 Å². The molecule has 1 heterocycles. The van der Waals surface area contributed by atoms with Crippen molar-refractivity contribution in [2.45, 2.75) is 19.1 Å². The Hall–Kier alpha value is -2.18. The summed E-state index contributed by atoms with van der Waals surface area (Å²) in [6.07, 6.45) is 3.55. The lowest BCUT2D eigenvalue weighted by Gasteiger charge is -2.15. The van der Waals surface area contributed by atoms with Crippen molar-refractivity contribution in [1.82, 2.24) is 25.3 Å². The highest BCUT2D eigenvalue weighted by Crippen LogP contribution is 2.12. The molecule has 1 aromatic carbocycles. The molecule has 6 nitrogen and oxygen atoms in total. The molecule has 0 aliphatic rings. The largest absolute Gasteiger partial charge is 0.350 e. The summed E-state index contributed by atoms with van der Waals surface area (Å²) in [7, 11) is 7.69. The lowest BCUT2D eigenvalue weighted by molar-refractivity contribution is -0.123. The molecule has 0 fully saturated rings. The predicted molar refractivity (Wildman–Crippen MR) is 90.7 cm³/mol. The second kappa shape index (κ2) is 7.89. The first-order chi connectivity index (χ1) is 11.0. The number of likely N-dealkylation sites (N-methyl/N-ethyl adjacent to an activating group) is 1. The smallest absolute Gasteiger partial charge is 0.242 e. The van der Waals surface area contributed by atoms with Crippen LogP contribution in [0.25, 0.3) is 0 Å². The van der Waals surface area contributed by atoms with Crippen LogP contribution < -0.4 is 10.6 Å². The van der Waals surface area contributed by atoms with E-state index >= 15 is 0 Å². The number of carbonyl (C=O) groups is 1. The van der Waals surface area contributed by atoms with E-state index in [0.29, 0.717) is 6.54 Å². The highest BCUT2D eigenvalue weighted by atomic mass is 16.2. The van der Waals surface area contributed by atoms with Crippen molar-refractivity contribution in [2.75, 3.05) is 21.1 Å². The number of aromatic nitrogens is 2. The molecule has 0 saturated heterocycles. The number of nitrogens with one attached hydrogen (secondary N) is 2. The Morgan fingerprint density at radius 2 is 2.09 bits per heavy atom. The van der Waals surface area contributed by atoms with Crippen LogP contribution in [0, 0.1) is 0 Å². The third-order valence-corrected chi connectivity index (χ3v) is 3.57. The van der Waals surface area contributed by atoms with Gasteiger partial charge in [0.25, 0.3) is 0 Å². The topological polar surface area (TPSA) is 62.2 Å². The minimum atomic E-state index is -0.395. The van der Waals surface area contributed by atoms with Gasteiger partial charge >= 0.3 is 0 Å². The van der Waals surface area contributed by atoms with Gasteiger partial charge in [-0.25, -0.2) is 0 Å². The molecule has 0 radical (unpaired) electrons. The molecule has 0 saturated carbocycles. The minimum Gasteiger partial charge on any atom is -0.350 e. The van der Waals surface area contributed by atoms with Gasteiger partial charge in [-0.15, -0.1) is 0 Å². The van der Waals surface area contributed by atoms with Crippen LogP contribution in [0.2, 0.25) is 0 Å². The number of rotatable bonds is 7. The molecule has 0 bridgehead atoms. The molecule has 124 valence electrons. The van der Waals surface area contributed by atoms with Gasteiger partial charge in [0.15, 0.2) is 0 Å². The molecule has 1 amide bonds. The Bertz CT molecular complexity index is 650. The van der Waals surface area contributed by atoms with Gasteiger partial charge in [-0.1, -0.05) is 24.3 Å². The fourth-order valence-corrected chi connectivity index (χ4v) is 2.53. The van der Waals surface area contributed by atoms with Crippen LogP contribution in [0.5, 0.6) is 0 Å². The number of hydrogen-bond acceptors (Lipinski definition) is 4. The van der Waals surface area contributed by atoms with Crippen LogP contribution in [0.3, 0.4) is 0 Å². The number of aryl methyl sites for hydroxylation is 1. The number of carbonyl (C=O) groups excluding carboxylic acids is 1. The van der Waals surface area contributed by atoms with E-state index in [1.807, 2.05) is 39.5 Å². The zero-order valence-corrected chi connectivity index (χ0v) is 14.2. The van der Waals surface area contributed by atoms with Gasteiger partial charge in [-0.2, -0.15) is 5.10 Å². The Labute approximate surface area is 137 Å². The average molecular weight is 315 g/mol. The maximum atomic E-state index is 12.4. The molecule has 6 heteroatoms. The molecule has 2 N–H and O–H groups in total. The fraction of sp³-hybridized carbons (Fsp3) is 0.412. The first kappa shape index (κ1) is 17.2. The average Bonchev–Trinajstić information content (AvgIpc) is 2.92. The van der Waals surface area contributed by atoms with Crippen molar-refractivity contribution in [3.63, 3.8) is 0 Å². The van der Waals surface area contributed by atoms with Crippen LogP contribution in [0.1, 0.15) is 22.7 Å². The molecule has 2 aromatic rings. The zero-order valence-electron chi connectivity index (χ0n) is 14.2. The van der Waals surface area contributed by atoms with Gasteiger partial charge in [0.2, 0.25) is 5.91 Å². The summed E-state index contributed by atoms with van der Waals surface area (Å²) >= 11 is 0. The van der Waals surface area contributed by atoms with E-state index in [0.717, 1.165) is 17.7 Å². The van der Waals surface area contributed by atoms with Crippen LogP contribution in [-0.2, 0) is 24.9 Å². The fourth-order valence-electron chi connectivity index (χ4n) is 2.53. The monoisotopic (exact) mass is 315 g/mol. The molecule has 0 aliphatic heterocycles. The van der Waals surface area contributed by atoms with Crippen molar-refractivity contribution in [3.8, 4) is 0 Å². The summed E-state index contributed by atoms with van der Waals surface area (Å²) in [5.41, 5.74) is 3.19. The minimum absolute atomic E-state index is 0.0569. The van der Waals surface area contributed by atoms with Gasteiger partial charge in [0.05, 0.1) is 6.20 Å². The highest BCUT2D eigenvalue weighted by molar-refractivity contribution is 5.83. The van der Waals surface area contributed by atoms with Gasteiger partial charge in [0.1, 0.15) is 6.04 Å². The third-order valence-electron chi connectivity index (χ3n) is 3.57. The predicted octanol–water partition coefficient (Wildman–Crippen LogP) is 1.06. The molecule has 0 aliphatic carbocycles. The highest BCUT2D eigenvalue weighted by Gasteiger charge is 2.19. The van der Waals surface area contributed by atoms with Crippen molar-refractivity contribution in [1.29, 1.82) is 0 Å². The molecule has 23 heavy (non-hydrogen) atoms. The normalized spacial score (nSPS) is 12.4. The Kier molecular flexibility index (Phi) is 5.90. The van der Waals surface area contributed by atoms with Crippen molar-refractivity contribution < 1.29 is 4.79 Å². The SMILES string of the molecule is CNC(C(=O)NCc1cccc(CN(C)C)c1)c1cnn(C)c1. The van der Waals surface area contributed by atoms with Crippen LogP contribution in [0.15, 0.2) is 36.7 Å². The maximum absolute atomic E-state index is 12.4. The van der Waals surface area contributed by atoms with E-state index in [1.165, 1.54) is 5.56 Å². The number of hydrogen-bond donors (Lipinski definition) is 2. The summed E-state index contributed by atoms with van der Waals surface area (Å²) < 4.78 is 1.69. The third kappa shape index (κ3) is 4.91. The Balaban J connectivity index is 1.98. The molecule has 0 spiro atoms. The summed E-state index contributed by atoms with van der Waals surface area (Å²) in [6, 6.07) is 7.87. The van der Waals surface area contributed by atoms with Gasteiger partial charge in [0, 0.05) is 31.9 Å². The Morgan fingerprint density at radius 3 is 2.70 bits per heavy atom. The quantitative estimate of drug-likeness (QED) is 0.802. The first-order valence-corrected chi connectivity index (χ1v) is 7.65. The summed E-state index contributed by atoms with van der Waals surface area (Å²) in [5, 5.41) is 10.1. The molecule has 1 atom stereocenters. The van der Waals surface area contributed by atoms with E-state index in [4.69, 9.17) is 0 Å². The van der Waals surface area contributed by atoms with Gasteiger partial charge in [-0.3, -0.25) is 9.48 Å². The molecule has 1 unspecified atom stereocenters. The van der Waals surface area contributed by atoms with Crippen molar-refractivity contribution in [3.05, 3.63) is 53.3 Å². The molecular weight excluding hydrogens is 290 g/mol. The van der Waals surface area contributed by atoms with E-state index in [2.05, 4.69) is 32.8 Å². The van der Waals surface area contributed by atoms with Crippen molar-refractivity contribution in [2.24, 2.45) is 7.05 Å².